The molecule has 0 spiro atoms. The number of nitrogens with one attached hydrogen (secondary N) is 1. The van der Waals surface area contributed by atoms with Crippen molar-refractivity contribution in [2.45, 2.75) is 6.18 Å². The summed E-state index contributed by atoms with van der Waals surface area (Å²) >= 11 is 6.93. The standard InChI is InChI=1S/C21H11ClF4N2O2S/c22-16-7-1-11(21(24,25)26)9-15(16)17-8-6-14(30-17)10-18-19(28-20(29)31-18)27-13-4-2-12(23)3-5-13/h1-10H,(H,27,28,29)/b18-10-. The third-order valence-electron chi connectivity index (χ3n) is 4.18. The first-order valence-electron chi connectivity index (χ1n) is 8.71. The summed E-state index contributed by atoms with van der Waals surface area (Å²) in [6.07, 6.45) is -3.00. The third kappa shape index (κ3) is 4.83. The first kappa shape index (κ1) is 21.2. The largest absolute Gasteiger partial charge is 0.457 e. The molecule has 3 aromatic rings. The Balaban J connectivity index is 1.66. The predicted octanol–water partition coefficient (Wildman–Crippen LogP) is 7.29. The number of amidine groups is 1. The minimum absolute atomic E-state index is 0.0922. The van der Waals surface area contributed by atoms with Gasteiger partial charge in [-0.25, -0.2) is 9.38 Å². The molecule has 4 nitrogen and oxygen atoms in total. The van der Waals surface area contributed by atoms with Gasteiger partial charge in [0.15, 0.2) is 0 Å². The molecule has 1 aliphatic heterocycles. The minimum atomic E-state index is -4.52. The molecule has 1 amide bonds. The van der Waals surface area contributed by atoms with E-state index in [4.69, 9.17) is 16.0 Å². The van der Waals surface area contributed by atoms with Gasteiger partial charge in [0.25, 0.3) is 5.24 Å². The average Bonchev–Trinajstić information content (AvgIpc) is 3.30. The van der Waals surface area contributed by atoms with Gasteiger partial charge in [-0.15, -0.1) is 0 Å². The van der Waals surface area contributed by atoms with Crippen molar-refractivity contribution in [3.8, 4) is 11.3 Å². The molecule has 0 bridgehead atoms. The summed E-state index contributed by atoms with van der Waals surface area (Å²) in [6, 6.07) is 11.4. The van der Waals surface area contributed by atoms with Crippen molar-refractivity contribution >= 4 is 46.2 Å². The van der Waals surface area contributed by atoms with E-state index in [0.29, 0.717) is 10.6 Å². The van der Waals surface area contributed by atoms with Gasteiger partial charge in [0.2, 0.25) is 0 Å². The molecule has 2 heterocycles. The zero-order valence-electron chi connectivity index (χ0n) is 15.3. The van der Waals surface area contributed by atoms with E-state index in [-0.39, 0.29) is 33.2 Å². The van der Waals surface area contributed by atoms with Crippen LogP contribution in [0.5, 0.6) is 0 Å². The number of nitrogens with zero attached hydrogens (tertiary/aromatic N) is 1. The van der Waals surface area contributed by atoms with Crippen LogP contribution in [0.25, 0.3) is 17.4 Å². The van der Waals surface area contributed by atoms with E-state index in [1.54, 1.807) is 0 Å². The van der Waals surface area contributed by atoms with E-state index in [2.05, 4.69) is 10.3 Å². The minimum Gasteiger partial charge on any atom is -0.457 e. The Labute approximate surface area is 182 Å². The lowest BCUT2D eigenvalue weighted by Crippen LogP contribution is -2.18. The lowest BCUT2D eigenvalue weighted by molar-refractivity contribution is -0.137. The number of benzene rings is 2. The molecular formula is C21H11ClF4N2O2S. The second kappa shape index (κ2) is 8.24. The number of hydrogen-bond acceptors (Lipinski definition) is 4. The van der Waals surface area contributed by atoms with Crippen molar-refractivity contribution in [2.75, 3.05) is 0 Å². The fraction of sp³-hybridized carbons (Fsp3) is 0.0476. The molecule has 0 unspecified atom stereocenters. The van der Waals surface area contributed by atoms with Crippen LogP contribution in [0.1, 0.15) is 11.3 Å². The van der Waals surface area contributed by atoms with Crippen molar-refractivity contribution in [3.05, 3.63) is 81.7 Å². The van der Waals surface area contributed by atoms with E-state index >= 15 is 0 Å². The lowest BCUT2D eigenvalue weighted by atomic mass is 10.1. The molecule has 0 radical (unpaired) electrons. The molecule has 10 heteroatoms. The van der Waals surface area contributed by atoms with Crippen LogP contribution in [-0.4, -0.2) is 11.1 Å². The average molecular weight is 467 g/mol. The number of thioether (sulfide) groups is 1. The second-order valence-corrected chi connectivity index (χ2v) is 7.78. The van der Waals surface area contributed by atoms with Crippen molar-refractivity contribution < 1.29 is 26.8 Å². The highest BCUT2D eigenvalue weighted by molar-refractivity contribution is 8.18. The summed E-state index contributed by atoms with van der Waals surface area (Å²) in [7, 11) is 0. The van der Waals surface area contributed by atoms with E-state index in [1.165, 1.54) is 42.5 Å². The Morgan fingerprint density at radius 1 is 1.06 bits per heavy atom. The van der Waals surface area contributed by atoms with Crippen LogP contribution < -0.4 is 5.32 Å². The van der Waals surface area contributed by atoms with Gasteiger partial charge in [0.05, 0.1) is 21.2 Å². The first-order chi connectivity index (χ1) is 14.7. The van der Waals surface area contributed by atoms with Crippen molar-refractivity contribution in [2.24, 2.45) is 4.99 Å². The Hall–Kier alpha value is -3.04. The Bertz CT molecular complexity index is 1220. The molecule has 0 saturated carbocycles. The Kier molecular flexibility index (Phi) is 5.63. The van der Waals surface area contributed by atoms with Gasteiger partial charge in [-0.3, -0.25) is 4.79 Å². The number of halogens is 5. The van der Waals surface area contributed by atoms with E-state index in [9.17, 15) is 22.4 Å². The van der Waals surface area contributed by atoms with Crippen LogP contribution in [0.3, 0.4) is 0 Å². The first-order valence-corrected chi connectivity index (χ1v) is 9.90. The topological polar surface area (TPSA) is 54.6 Å². The summed E-state index contributed by atoms with van der Waals surface area (Å²) in [6.45, 7) is 0. The number of alkyl halides is 3. The molecule has 1 fully saturated rings. The van der Waals surface area contributed by atoms with Gasteiger partial charge in [-0.2, -0.15) is 13.2 Å². The maximum Gasteiger partial charge on any atom is 0.416 e. The smallest absolute Gasteiger partial charge is 0.416 e. The molecule has 0 aliphatic carbocycles. The molecule has 1 N–H and O–H groups in total. The van der Waals surface area contributed by atoms with Crippen LogP contribution in [0.2, 0.25) is 5.02 Å². The zero-order chi connectivity index (χ0) is 22.2. The highest BCUT2D eigenvalue weighted by Crippen LogP contribution is 2.37. The van der Waals surface area contributed by atoms with Crippen LogP contribution in [0, 0.1) is 5.82 Å². The molecule has 31 heavy (non-hydrogen) atoms. The number of hydrogen-bond donors (Lipinski definition) is 1. The molecule has 1 saturated heterocycles. The number of furan rings is 1. The molecule has 0 atom stereocenters. The number of aliphatic imine (C=N–C) groups is 1. The van der Waals surface area contributed by atoms with Gasteiger partial charge < -0.3 is 9.73 Å². The number of carbonyl (C=O) groups excluding carboxylic acids is 1. The fourth-order valence-electron chi connectivity index (χ4n) is 2.75. The molecule has 158 valence electrons. The van der Waals surface area contributed by atoms with E-state index in [0.717, 1.165) is 30.0 Å². The monoisotopic (exact) mass is 466 g/mol. The van der Waals surface area contributed by atoms with Crippen molar-refractivity contribution in [1.29, 1.82) is 0 Å². The molecule has 1 aliphatic rings. The van der Waals surface area contributed by atoms with Crippen LogP contribution in [0.15, 0.2) is 68.9 Å². The third-order valence-corrected chi connectivity index (χ3v) is 5.33. The quantitative estimate of drug-likeness (QED) is 0.412. The van der Waals surface area contributed by atoms with Gasteiger partial charge >= 0.3 is 6.18 Å². The maximum absolute atomic E-state index is 13.1. The van der Waals surface area contributed by atoms with Crippen LogP contribution >= 0.6 is 23.4 Å². The Morgan fingerprint density at radius 3 is 2.52 bits per heavy atom. The van der Waals surface area contributed by atoms with Crippen LogP contribution in [0.4, 0.5) is 28.0 Å². The number of rotatable bonds is 3. The highest BCUT2D eigenvalue weighted by Gasteiger charge is 2.31. The van der Waals surface area contributed by atoms with Crippen molar-refractivity contribution in [3.63, 3.8) is 0 Å². The van der Waals surface area contributed by atoms with Gasteiger partial charge in [-0.1, -0.05) is 11.6 Å². The molecule has 1 aromatic heterocycles. The summed E-state index contributed by atoms with van der Waals surface area (Å²) < 4.78 is 57.8. The molecule has 4 rings (SSSR count). The summed E-state index contributed by atoms with van der Waals surface area (Å²) in [5.41, 5.74) is -0.325. The predicted molar refractivity (Wildman–Crippen MR) is 112 cm³/mol. The second-order valence-electron chi connectivity index (χ2n) is 6.35. The molecule has 2 aromatic carbocycles. The Morgan fingerprint density at radius 2 is 1.81 bits per heavy atom. The summed E-state index contributed by atoms with van der Waals surface area (Å²) in [5, 5.41) is 2.33. The van der Waals surface area contributed by atoms with Crippen LogP contribution in [-0.2, 0) is 6.18 Å². The van der Waals surface area contributed by atoms with Gasteiger partial charge in [-0.05, 0) is 72.4 Å². The summed E-state index contributed by atoms with van der Waals surface area (Å²) in [5.74, 6) is 0.258. The lowest BCUT2D eigenvalue weighted by Gasteiger charge is -2.09. The van der Waals surface area contributed by atoms with Gasteiger partial charge in [0, 0.05) is 5.56 Å². The van der Waals surface area contributed by atoms with Crippen molar-refractivity contribution in [1.82, 2.24) is 5.32 Å². The van der Waals surface area contributed by atoms with E-state index in [1.807, 2.05) is 0 Å². The molecular weight excluding hydrogens is 456 g/mol. The SMILES string of the molecule is O=C1NC(=Nc2ccc(F)cc2)/C(=C/c2ccc(-c3cc(C(F)(F)F)ccc3Cl)o2)S1. The number of carbonyl (C=O) groups is 1. The zero-order valence-corrected chi connectivity index (χ0v) is 16.9. The number of amides is 1. The maximum atomic E-state index is 13.1. The highest BCUT2D eigenvalue weighted by atomic mass is 35.5. The normalized spacial score (nSPS) is 16.9. The van der Waals surface area contributed by atoms with E-state index < -0.39 is 17.6 Å². The summed E-state index contributed by atoms with van der Waals surface area (Å²) in [4.78, 5) is 16.5. The van der Waals surface area contributed by atoms with Gasteiger partial charge in [0.1, 0.15) is 23.2 Å². The fourth-order valence-corrected chi connectivity index (χ4v) is 3.68.